The van der Waals surface area contributed by atoms with E-state index in [1.54, 1.807) is 30.3 Å². The Kier molecular flexibility index (Phi) is 7.13. The standard InChI is InChI=1S/C25H28N2O3S/c1-4-20-14-16-22(17-15-20)27(31(29,30)23-12-7-6-8-13-23)18-24(28)26-25-19(3)10-9-11-21(25)5-2/h6-17H,4-5,18H2,1-3H3,(H,26,28). The summed E-state index contributed by atoms with van der Waals surface area (Å²) in [6.45, 7) is 5.66. The zero-order chi connectivity index (χ0) is 22.4. The quantitative estimate of drug-likeness (QED) is 0.543. The van der Waals surface area contributed by atoms with Crippen LogP contribution in [0.5, 0.6) is 0 Å². The van der Waals surface area contributed by atoms with Crippen molar-refractivity contribution in [2.45, 2.75) is 38.5 Å². The fraction of sp³-hybridized carbons (Fsp3) is 0.240. The molecule has 3 rings (SSSR count). The van der Waals surface area contributed by atoms with E-state index in [2.05, 4.69) is 5.32 Å². The first-order chi connectivity index (χ1) is 14.9. The molecule has 3 aromatic rings. The van der Waals surface area contributed by atoms with Crippen molar-refractivity contribution >= 4 is 27.3 Å². The van der Waals surface area contributed by atoms with Crippen LogP contribution < -0.4 is 9.62 Å². The summed E-state index contributed by atoms with van der Waals surface area (Å²) in [5, 5.41) is 2.93. The Labute approximate surface area is 184 Å². The minimum atomic E-state index is -3.91. The zero-order valence-electron chi connectivity index (χ0n) is 18.1. The maximum absolute atomic E-state index is 13.4. The van der Waals surface area contributed by atoms with Gasteiger partial charge in [-0.05, 0) is 60.7 Å². The Morgan fingerprint density at radius 1 is 0.871 bits per heavy atom. The first kappa shape index (κ1) is 22.6. The number of carbonyl (C=O) groups excluding carboxylic acids is 1. The number of nitrogens with one attached hydrogen (secondary N) is 1. The van der Waals surface area contributed by atoms with Crippen LogP contribution in [0.25, 0.3) is 0 Å². The second-order valence-electron chi connectivity index (χ2n) is 7.36. The maximum Gasteiger partial charge on any atom is 0.264 e. The number of anilines is 2. The molecule has 0 radical (unpaired) electrons. The highest BCUT2D eigenvalue weighted by Gasteiger charge is 2.27. The third kappa shape index (κ3) is 5.14. The third-order valence-electron chi connectivity index (χ3n) is 5.26. The first-order valence-corrected chi connectivity index (χ1v) is 11.9. The number of benzene rings is 3. The Bertz CT molecular complexity index is 1140. The number of nitrogens with zero attached hydrogens (tertiary/aromatic N) is 1. The van der Waals surface area contributed by atoms with Crippen molar-refractivity contribution in [2.24, 2.45) is 0 Å². The summed E-state index contributed by atoms with van der Waals surface area (Å²) in [5.41, 5.74) is 4.25. The van der Waals surface area contributed by atoms with Gasteiger partial charge in [-0.2, -0.15) is 0 Å². The van der Waals surface area contributed by atoms with Crippen molar-refractivity contribution in [1.82, 2.24) is 0 Å². The fourth-order valence-electron chi connectivity index (χ4n) is 3.44. The van der Waals surface area contributed by atoms with Crippen LogP contribution in [0, 0.1) is 6.92 Å². The average Bonchev–Trinajstić information content (AvgIpc) is 2.79. The summed E-state index contributed by atoms with van der Waals surface area (Å²) < 4.78 is 28.0. The largest absolute Gasteiger partial charge is 0.324 e. The highest BCUT2D eigenvalue weighted by atomic mass is 32.2. The van der Waals surface area contributed by atoms with E-state index in [9.17, 15) is 13.2 Å². The molecule has 0 saturated heterocycles. The van der Waals surface area contributed by atoms with Gasteiger partial charge >= 0.3 is 0 Å². The molecule has 6 heteroatoms. The van der Waals surface area contributed by atoms with E-state index in [0.29, 0.717) is 5.69 Å². The summed E-state index contributed by atoms with van der Waals surface area (Å²) in [6.07, 6.45) is 1.61. The molecule has 3 aromatic carbocycles. The molecular weight excluding hydrogens is 408 g/mol. The van der Waals surface area contributed by atoms with Crippen LogP contribution in [0.4, 0.5) is 11.4 Å². The summed E-state index contributed by atoms with van der Waals surface area (Å²) in [4.78, 5) is 13.1. The lowest BCUT2D eigenvalue weighted by Crippen LogP contribution is -2.38. The van der Waals surface area contributed by atoms with Gasteiger partial charge in [-0.1, -0.05) is 62.4 Å². The number of sulfonamides is 1. The molecule has 0 aliphatic carbocycles. The lowest BCUT2D eigenvalue weighted by molar-refractivity contribution is -0.114. The molecule has 5 nitrogen and oxygen atoms in total. The van der Waals surface area contributed by atoms with E-state index in [4.69, 9.17) is 0 Å². The number of rotatable bonds is 8. The molecule has 0 aliphatic heterocycles. The highest BCUT2D eigenvalue weighted by molar-refractivity contribution is 7.92. The third-order valence-corrected chi connectivity index (χ3v) is 7.04. The van der Waals surface area contributed by atoms with E-state index >= 15 is 0 Å². The molecule has 162 valence electrons. The van der Waals surface area contributed by atoms with E-state index in [-0.39, 0.29) is 17.3 Å². The lowest BCUT2D eigenvalue weighted by atomic mass is 10.1. The van der Waals surface area contributed by atoms with Crippen molar-refractivity contribution in [3.63, 3.8) is 0 Å². The fourth-order valence-corrected chi connectivity index (χ4v) is 4.89. The predicted octanol–water partition coefficient (Wildman–Crippen LogP) is 4.95. The molecule has 0 heterocycles. The molecule has 1 amide bonds. The highest BCUT2D eigenvalue weighted by Crippen LogP contribution is 2.25. The Balaban J connectivity index is 1.96. The second kappa shape index (κ2) is 9.79. The van der Waals surface area contributed by atoms with Gasteiger partial charge in [0.1, 0.15) is 6.54 Å². The van der Waals surface area contributed by atoms with Gasteiger partial charge in [-0.3, -0.25) is 9.10 Å². The zero-order valence-corrected chi connectivity index (χ0v) is 18.9. The van der Waals surface area contributed by atoms with E-state index in [0.717, 1.165) is 35.2 Å². The van der Waals surface area contributed by atoms with Crippen LogP contribution >= 0.6 is 0 Å². The van der Waals surface area contributed by atoms with Gasteiger partial charge in [-0.25, -0.2) is 8.42 Å². The maximum atomic E-state index is 13.4. The van der Waals surface area contributed by atoms with Gasteiger partial charge in [0, 0.05) is 5.69 Å². The lowest BCUT2D eigenvalue weighted by Gasteiger charge is -2.25. The van der Waals surface area contributed by atoms with Crippen molar-refractivity contribution in [3.05, 3.63) is 89.5 Å². The van der Waals surface area contributed by atoms with Gasteiger partial charge in [0.15, 0.2) is 0 Å². The number of amides is 1. The minimum absolute atomic E-state index is 0.146. The van der Waals surface area contributed by atoms with E-state index in [1.165, 1.54) is 16.4 Å². The van der Waals surface area contributed by atoms with Crippen LogP contribution in [0.3, 0.4) is 0 Å². The van der Waals surface area contributed by atoms with E-state index in [1.807, 2.05) is 51.1 Å². The van der Waals surface area contributed by atoms with Gasteiger partial charge < -0.3 is 5.32 Å². The molecule has 0 fully saturated rings. The van der Waals surface area contributed by atoms with Crippen molar-refractivity contribution in [3.8, 4) is 0 Å². The summed E-state index contributed by atoms with van der Waals surface area (Å²) >= 11 is 0. The summed E-state index contributed by atoms with van der Waals surface area (Å²) in [5.74, 6) is -0.386. The van der Waals surface area contributed by atoms with Crippen LogP contribution in [0.2, 0.25) is 0 Å². The molecule has 0 atom stereocenters. The minimum Gasteiger partial charge on any atom is -0.324 e. The molecule has 0 aliphatic rings. The number of carbonyl (C=O) groups is 1. The Hall–Kier alpha value is -3.12. The van der Waals surface area contributed by atoms with Gasteiger partial charge in [0.05, 0.1) is 10.6 Å². The predicted molar refractivity (Wildman–Crippen MR) is 126 cm³/mol. The smallest absolute Gasteiger partial charge is 0.264 e. The van der Waals surface area contributed by atoms with Crippen molar-refractivity contribution in [1.29, 1.82) is 0 Å². The SMILES string of the molecule is CCc1ccc(N(CC(=O)Nc2c(C)cccc2CC)S(=O)(=O)c2ccccc2)cc1. The van der Waals surface area contributed by atoms with Gasteiger partial charge in [0.25, 0.3) is 10.0 Å². The topological polar surface area (TPSA) is 66.5 Å². The monoisotopic (exact) mass is 436 g/mol. The summed E-state index contributed by atoms with van der Waals surface area (Å²) in [7, 11) is -3.91. The van der Waals surface area contributed by atoms with Crippen molar-refractivity contribution < 1.29 is 13.2 Å². The van der Waals surface area contributed by atoms with E-state index < -0.39 is 10.0 Å². The first-order valence-electron chi connectivity index (χ1n) is 10.4. The molecule has 1 N–H and O–H groups in total. The number of hydrogen-bond acceptors (Lipinski definition) is 3. The molecular formula is C25H28N2O3S. The van der Waals surface area contributed by atoms with Gasteiger partial charge in [0.2, 0.25) is 5.91 Å². The number of aryl methyl sites for hydroxylation is 3. The average molecular weight is 437 g/mol. The molecule has 0 bridgehead atoms. The molecule has 31 heavy (non-hydrogen) atoms. The molecule has 0 saturated carbocycles. The molecule has 0 spiro atoms. The van der Waals surface area contributed by atoms with Crippen LogP contribution in [0.1, 0.15) is 30.5 Å². The van der Waals surface area contributed by atoms with Gasteiger partial charge in [-0.15, -0.1) is 0 Å². The van der Waals surface area contributed by atoms with Crippen LogP contribution in [-0.2, 0) is 27.7 Å². The van der Waals surface area contributed by atoms with Crippen LogP contribution in [0.15, 0.2) is 77.7 Å². The molecule has 0 unspecified atom stereocenters. The number of para-hydroxylation sites is 1. The second-order valence-corrected chi connectivity index (χ2v) is 9.22. The normalized spacial score (nSPS) is 11.2. The number of hydrogen-bond donors (Lipinski definition) is 1. The van der Waals surface area contributed by atoms with Crippen molar-refractivity contribution in [2.75, 3.05) is 16.2 Å². The Morgan fingerprint density at radius 2 is 1.55 bits per heavy atom. The Morgan fingerprint density at radius 3 is 2.16 bits per heavy atom. The molecule has 0 aromatic heterocycles. The summed E-state index contributed by atoms with van der Waals surface area (Å²) in [6, 6.07) is 21.3. The van der Waals surface area contributed by atoms with Crippen LogP contribution in [-0.4, -0.2) is 20.9 Å².